The van der Waals surface area contributed by atoms with E-state index in [1.165, 1.54) is 24.3 Å². The molecule has 0 unspecified atom stereocenters. The minimum atomic E-state index is -3.59. The highest BCUT2D eigenvalue weighted by Crippen LogP contribution is 2.15. The number of benzene rings is 1. The van der Waals surface area contributed by atoms with Gasteiger partial charge in [-0.15, -0.1) is 0 Å². The zero-order valence-electron chi connectivity index (χ0n) is 9.60. The molecule has 0 radical (unpaired) electrons. The minimum absolute atomic E-state index is 0.0806. The number of carbonyl (C=O) groups is 1. The van der Waals surface area contributed by atoms with Crippen LogP contribution >= 0.6 is 11.6 Å². The fourth-order valence-corrected chi connectivity index (χ4v) is 2.53. The lowest BCUT2D eigenvalue weighted by Gasteiger charge is -2.08. The molecule has 0 saturated carbocycles. The Morgan fingerprint density at radius 1 is 1.29 bits per heavy atom. The van der Waals surface area contributed by atoms with E-state index in [0.717, 1.165) is 0 Å². The largest absolute Gasteiger partial charge is 0.353 e. The minimum Gasteiger partial charge on any atom is -0.353 e. The third-order valence-corrected chi connectivity index (χ3v) is 3.83. The van der Waals surface area contributed by atoms with E-state index in [4.69, 9.17) is 11.6 Å². The SMILES string of the molecule is CC(C)NC(=O)CS(=O)(=O)c1ccc(Cl)cc1. The molecule has 1 N–H and O–H groups in total. The highest BCUT2D eigenvalue weighted by Gasteiger charge is 2.19. The van der Waals surface area contributed by atoms with Gasteiger partial charge in [0.05, 0.1) is 4.90 Å². The summed E-state index contributed by atoms with van der Waals surface area (Å²) in [5, 5.41) is 2.99. The summed E-state index contributed by atoms with van der Waals surface area (Å²) in [5.41, 5.74) is 0. The van der Waals surface area contributed by atoms with Crippen molar-refractivity contribution in [1.82, 2.24) is 5.32 Å². The van der Waals surface area contributed by atoms with Gasteiger partial charge in [-0.05, 0) is 38.1 Å². The van der Waals surface area contributed by atoms with E-state index in [9.17, 15) is 13.2 Å². The molecule has 0 fully saturated rings. The van der Waals surface area contributed by atoms with Gasteiger partial charge in [-0.2, -0.15) is 0 Å². The van der Waals surface area contributed by atoms with E-state index in [1.54, 1.807) is 13.8 Å². The standard InChI is InChI=1S/C11H14ClNO3S/c1-8(2)13-11(14)7-17(15,16)10-5-3-9(12)4-6-10/h3-6,8H,7H2,1-2H3,(H,13,14). The van der Waals surface area contributed by atoms with Crippen molar-refractivity contribution in [3.05, 3.63) is 29.3 Å². The Kier molecular flexibility index (Phi) is 4.54. The van der Waals surface area contributed by atoms with Crippen LogP contribution in [0.1, 0.15) is 13.8 Å². The van der Waals surface area contributed by atoms with E-state index >= 15 is 0 Å². The summed E-state index contributed by atoms with van der Waals surface area (Å²) in [5.74, 6) is -1.05. The summed E-state index contributed by atoms with van der Waals surface area (Å²) >= 11 is 5.66. The van der Waals surface area contributed by atoms with Gasteiger partial charge in [-0.1, -0.05) is 11.6 Å². The predicted octanol–water partition coefficient (Wildman–Crippen LogP) is 1.64. The fraction of sp³-hybridized carbons (Fsp3) is 0.364. The zero-order valence-corrected chi connectivity index (χ0v) is 11.2. The van der Waals surface area contributed by atoms with Crippen molar-refractivity contribution in [3.8, 4) is 0 Å². The molecule has 1 aromatic rings. The van der Waals surface area contributed by atoms with E-state index in [1.807, 2.05) is 0 Å². The van der Waals surface area contributed by atoms with Gasteiger partial charge in [0.2, 0.25) is 5.91 Å². The molecule has 1 rings (SSSR count). The van der Waals surface area contributed by atoms with Gasteiger partial charge in [0.25, 0.3) is 0 Å². The van der Waals surface area contributed by atoms with Gasteiger partial charge >= 0.3 is 0 Å². The second kappa shape index (κ2) is 5.51. The predicted molar refractivity (Wildman–Crippen MR) is 66.8 cm³/mol. The van der Waals surface area contributed by atoms with Gasteiger partial charge in [-0.3, -0.25) is 4.79 Å². The second-order valence-electron chi connectivity index (χ2n) is 3.94. The molecule has 6 heteroatoms. The lowest BCUT2D eigenvalue weighted by atomic mass is 10.4. The average molecular weight is 276 g/mol. The summed E-state index contributed by atoms with van der Waals surface area (Å²) in [4.78, 5) is 11.5. The van der Waals surface area contributed by atoms with Crippen molar-refractivity contribution in [3.63, 3.8) is 0 Å². The lowest BCUT2D eigenvalue weighted by Crippen LogP contribution is -2.35. The van der Waals surface area contributed by atoms with Crippen LogP contribution in [0.5, 0.6) is 0 Å². The van der Waals surface area contributed by atoms with Crippen LogP contribution in [0.3, 0.4) is 0 Å². The number of halogens is 1. The van der Waals surface area contributed by atoms with Gasteiger partial charge in [0.1, 0.15) is 5.75 Å². The van der Waals surface area contributed by atoms with Crippen LogP contribution in [0.4, 0.5) is 0 Å². The van der Waals surface area contributed by atoms with E-state index in [0.29, 0.717) is 5.02 Å². The lowest BCUT2D eigenvalue weighted by molar-refractivity contribution is -0.119. The fourth-order valence-electron chi connectivity index (χ4n) is 1.26. The highest BCUT2D eigenvalue weighted by molar-refractivity contribution is 7.92. The van der Waals surface area contributed by atoms with Crippen LogP contribution in [-0.2, 0) is 14.6 Å². The van der Waals surface area contributed by atoms with Gasteiger partial charge in [-0.25, -0.2) is 8.42 Å². The van der Waals surface area contributed by atoms with Crippen LogP contribution in [0.2, 0.25) is 5.02 Å². The van der Waals surface area contributed by atoms with Crippen molar-refractivity contribution < 1.29 is 13.2 Å². The summed E-state index contributed by atoms with van der Waals surface area (Å²) in [6.45, 7) is 3.54. The maximum absolute atomic E-state index is 11.8. The van der Waals surface area contributed by atoms with Crippen molar-refractivity contribution in [1.29, 1.82) is 0 Å². The number of carbonyl (C=O) groups excluding carboxylic acids is 1. The zero-order chi connectivity index (χ0) is 13.1. The van der Waals surface area contributed by atoms with Crippen LogP contribution in [0.15, 0.2) is 29.2 Å². The maximum Gasteiger partial charge on any atom is 0.235 e. The molecule has 0 saturated heterocycles. The molecule has 1 aromatic carbocycles. The number of hydrogen-bond acceptors (Lipinski definition) is 3. The maximum atomic E-state index is 11.8. The highest BCUT2D eigenvalue weighted by atomic mass is 35.5. The number of rotatable bonds is 4. The smallest absolute Gasteiger partial charge is 0.235 e. The Labute approximate surface area is 106 Å². The molecular formula is C11H14ClNO3S. The quantitative estimate of drug-likeness (QED) is 0.909. The second-order valence-corrected chi connectivity index (χ2v) is 6.36. The molecular weight excluding hydrogens is 262 g/mol. The van der Waals surface area contributed by atoms with Crippen LogP contribution in [0, 0.1) is 0 Å². The molecule has 17 heavy (non-hydrogen) atoms. The topological polar surface area (TPSA) is 63.2 Å². The number of amides is 1. The van der Waals surface area contributed by atoms with Crippen LogP contribution < -0.4 is 5.32 Å². The molecule has 0 spiro atoms. The molecule has 0 aromatic heterocycles. The van der Waals surface area contributed by atoms with Crippen molar-refractivity contribution in [2.75, 3.05) is 5.75 Å². The molecule has 0 aliphatic carbocycles. The first-order valence-electron chi connectivity index (χ1n) is 5.09. The number of sulfone groups is 1. The Balaban J connectivity index is 2.82. The van der Waals surface area contributed by atoms with Gasteiger partial charge in [0, 0.05) is 11.1 Å². The molecule has 0 aliphatic heterocycles. The van der Waals surface area contributed by atoms with Crippen LogP contribution in [-0.4, -0.2) is 26.1 Å². The van der Waals surface area contributed by atoms with Crippen molar-refractivity contribution in [2.24, 2.45) is 0 Å². The molecule has 94 valence electrons. The van der Waals surface area contributed by atoms with Crippen molar-refractivity contribution >= 4 is 27.3 Å². The van der Waals surface area contributed by atoms with E-state index in [-0.39, 0.29) is 10.9 Å². The molecule has 4 nitrogen and oxygen atoms in total. The third kappa shape index (κ3) is 4.36. The summed E-state index contributed by atoms with van der Waals surface area (Å²) in [6, 6.07) is 5.66. The van der Waals surface area contributed by atoms with E-state index in [2.05, 4.69) is 5.32 Å². The molecule has 0 bridgehead atoms. The summed E-state index contributed by atoms with van der Waals surface area (Å²) in [6.07, 6.45) is 0. The number of hydrogen-bond donors (Lipinski definition) is 1. The van der Waals surface area contributed by atoms with Gasteiger partial charge < -0.3 is 5.32 Å². The average Bonchev–Trinajstić information content (AvgIpc) is 2.15. The van der Waals surface area contributed by atoms with Crippen molar-refractivity contribution in [2.45, 2.75) is 24.8 Å². The van der Waals surface area contributed by atoms with E-state index < -0.39 is 21.5 Å². The third-order valence-electron chi connectivity index (χ3n) is 1.94. The summed E-state index contributed by atoms with van der Waals surface area (Å²) < 4.78 is 23.7. The number of nitrogens with one attached hydrogen (secondary N) is 1. The molecule has 0 atom stereocenters. The molecule has 1 amide bonds. The Morgan fingerprint density at radius 3 is 2.29 bits per heavy atom. The molecule has 0 heterocycles. The normalized spacial score (nSPS) is 11.5. The van der Waals surface area contributed by atoms with Crippen LogP contribution in [0.25, 0.3) is 0 Å². The first kappa shape index (κ1) is 14.0. The Morgan fingerprint density at radius 2 is 1.82 bits per heavy atom. The summed E-state index contributed by atoms with van der Waals surface area (Å²) in [7, 11) is -3.59. The Bertz CT molecular complexity index is 494. The Hall–Kier alpha value is -1.07. The molecule has 0 aliphatic rings. The monoisotopic (exact) mass is 275 g/mol. The first-order valence-corrected chi connectivity index (χ1v) is 7.12. The first-order chi connectivity index (χ1) is 7.81. The van der Waals surface area contributed by atoms with Gasteiger partial charge in [0.15, 0.2) is 9.84 Å².